The first-order valence-corrected chi connectivity index (χ1v) is 13.6. The first-order chi connectivity index (χ1) is 18.8. The Morgan fingerprint density at radius 1 is 0.923 bits per heavy atom. The van der Waals surface area contributed by atoms with Gasteiger partial charge in [-0.15, -0.1) is 0 Å². The van der Waals surface area contributed by atoms with Gasteiger partial charge >= 0.3 is 0 Å². The number of halogens is 2. The molecule has 0 aromatic heterocycles. The van der Waals surface area contributed by atoms with Gasteiger partial charge in [0, 0.05) is 42.5 Å². The summed E-state index contributed by atoms with van der Waals surface area (Å²) in [5.41, 5.74) is 2.29. The fourth-order valence-electron chi connectivity index (χ4n) is 4.65. The monoisotopic (exact) mass is 565 g/mol. The summed E-state index contributed by atoms with van der Waals surface area (Å²) in [6, 6.07) is 20.4. The number of rotatable bonds is 11. The second kappa shape index (κ2) is 12.9. The van der Waals surface area contributed by atoms with E-state index in [1.54, 1.807) is 42.5 Å². The molecule has 0 unspecified atom stereocenters. The van der Waals surface area contributed by atoms with Gasteiger partial charge in [-0.1, -0.05) is 71.7 Å². The number of imide groups is 1. The maximum Gasteiger partial charge on any atom is 0.261 e. The summed E-state index contributed by atoms with van der Waals surface area (Å²) in [5, 5.41) is 3.70. The second-order valence-corrected chi connectivity index (χ2v) is 10.1. The molecule has 39 heavy (non-hydrogen) atoms. The first-order valence-electron chi connectivity index (χ1n) is 12.8. The van der Waals surface area contributed by atoms with Crippen molar-refractivity contribution in [3.05, 3.63) is 105 Å². The number of fused-ring (bicyclic) bond motifs is 1. The lowest BCUT2D eigenvalue weighted by Gasteiger charge is -2.32. The van der Waals surface area contributed by atoms with E-state index in [0.29, 0.717) is 39.7 Å². The minimum atomic E-state index is -0.800. The topological polar surface area (TPSA) is 86.8 Å². The highest BCUT2D eigenvalue weighted by atomic mass is 35.5. The van der Waals surface area contributed by atoms with Gasteiger partial charge in [0.1, 0.15) is 6.04 Å². The molecule has 4 rings (SSSR count). The molecule has 1 atom stereocenters. The standard InChI is InChI=1S/C30H29Cl2N3O4/c1-2-33-28(37)26(17-20-9-4-3-5-10-20)35(19-21-14-15-22(31)18-25(21)32)27(36)13-8-16-34-29(38)23-11-6-7-12-24(23)30(34)39/h3-7,9-12,14-15,18,26H,2,8,13,16-17,19H2,1H3,(H,33,37)/t26-/m1/s1. The van der Waals surface area contributed by atoms with Crippen LogP contribution in [0.4, 0.5) is 0 Å². The molecule has 4 amide bonds. The Morgan fingerprint density at radius 3 is 2.18 bits per heavy atom. The van der Waals surface area contributed by atoms with E-state index in [2.05, 4.69) is 5.32 Å². The molecule has 0 saturated heterocycles. The zero-order valence-corrected chi connectivity index (χ0v) is 23.0. The number of likely N-dealkylation sites (N-methyl/N-ethyl adjacent to an activating group) is 1. The quantitative estimate of drug-likeness (QED) is 0.326. The minimum absolute atomic E-state index is 0.0311. The lowest BCUT2D eigenvalue weighted by atomic mass is 10.0. The highest BCUT2D eigenvalue weighted by molar-refractivity contribution is 6.35. The van der Waals surface area contributed by atoms with Gasteiger partial charge in [-0.25, -0.2) is 0 Å². The number of carbonyl (C=O) groups excluding carboxylic acids is 4. The average Bonchev–Trinajstić information content (AvgIpc) is 3.17. The van der Waals surface area contributed by atoms with Crippen LogP contribution in [0, 0.1) is 0 Å². The molecule has 1 heterocycles. The third kappa shape index (κ3) is 6.67. The number of amides is 4. The van der Waals surface area contributed by atoms with E-state index < -0.39 is 6.04 Å². The average molecular weight is 566 g/mol. The Bertz CT molecular complexity index is 1340. The molecule has 9 heteroatoms. The van der Waals surface area contributed by atoms with Gasteiger partial charge in [0.15, 0.2) is 0 Å². The van der Waals surface area contributed by atoms with E-state index >= 15 is 0 Å². The molecule has 3 aromatic carbocycles. The lowest BCUT2D eigenvalue weighted by Crippen LogP contribution is -2.50. The van der Waals surface area contributed by atoms with Gasteiger partial charge in [0.2, 0.25) is 11.8 Å². The Morgan fingerprint density at radius 2 is 1.56 bits per heavy atom. The van der Waals surface area contributed by atoms with Gasteiger partial charge in [-0.3, -0.25) is 24.1 Å². The minimum Gasteiger partial charge on any atom is -0.355 e. The van der Waals surface area contributed by atoms with Crippen molar-refractivity contribution < 1.29 is 19.2 Å². The molecule has 202 valence electrons. The fraction of sp³-hybridized carbons (Fsp3) is 0.267. The van der Waals surface area contributed by atoms with E-state index in [0.717, 1.165) is 5.56 Å². The highest BCUT2D eigenvalue weighted by Gasteiger charge is 2.35. The highest BCUT2D eigenvalue weighted by Crippen LogP contribution is 2.26. The van der Waals surface area contributed by atoms with Gasteiger partial charge in [0.25, 0.3) is 11.8 Å². The number of carbonyl (C=O) groups is 4. The Hall–Kier alpha value is -3.68. The van der Waals surface area contributed by atoms with Crippen LogP contribution in [0.3, 0.4) is 0 Å². The Balaban J connectivity index is 1.55. The zero-order chi connectivity index (χ0) is 27.9. The SMILES string of the molecule is CCNC(=O)[C@@H](Cc1ccccc1)N(Cc1ccc(Cl)cc1Cl)C(=O)CCCN1C(=O)c2ccccc2C1=O. The molecular weight excluding hydrogens is 537 g/mol. The summed E-state index contributed by atoms with van der Waals surface area (Å²) in [4.78, 5) is 55.1. The molecule has 0 radical (unpaired) electrons. The molecule has 3 aromatic rings. The summed E-state index contributed by atoms with van der Waals surface area (Å²) in [6.45, 7) is 2.42. The Kier molecular flexibility index (Phi) is 9.38. The smallest absolute Gasteiger partial charge is 0.261 e. The van der Waals surface area contributed by atoms with Crippen molar-refractivity contribution in [1.29, 1.82) is 0 Å². The molecule has 0 saturated carbocycles. The van der Waals surface area contributed by atoms with Crippen LogP contribution in [-0.4, -0.2) is 52.6 Å². The van der Waals surface area contributed by atoms with Gasteiger partial charge < -0.3 is 10.2 Å². The van der Waals surface area contributed by atoms with E-state index in [9.17, 15) is 19.2 Å². The van der Waals surface area contributed by atoms with Gasteiger partial charge in [-0.05, 0) is 48.7 Å². The molecule has 0 spiro atoms. The molecule has 1 aliphatic heterocycles. The third-order valence-corrected chi connectivity index (χ3v) is 7.22. The molecule has 0 aliphatic carbocycles. The zero-order valence-electron chi connectivity index (χ0n) is 21.5. The van der Waals surface area contributed by atoms with Crippen LogP contribution in [0.2, 0.25) is 10.0 Å². The van der Waals surface area contributed by atoms with Gasteiger partial charge in [-0.2, -0.15) is 0 Å². The second-order valence-electron chi connectivity index (χ2n) is 9.27. The number of nitrogens with zero attached hydrogens (tertiary/aromatic N) is 2. The summed E-state index contributed by atoms with van der Waals surface area (Å²) in [7, 11) is 0. The van der Waals surface area contributed by atoms with Gasteiger partial charge in [0.05, 0.1) is 11.1 Å². The van der Waals surface area contributed by atoms with Crippen LogP contribution >= 0.6 is 23.2 Å². The van der Waals surface area contributed by atoms with Crippen molar-refractivity contribution in [2.75, 3.05) is 13.1 Å². The summed E-state index contributed by atoms with van der Waals surface area (Å²) >= 11 is 12.5. The number of benzene rings is 3. The van der Waals surface area contributed by atoms with Crippen molar-refractivity contribution in [3.8, 4) is 0 Å². The maximum absolute atomic E-state index is 13.7. The number of hydrogen-bond donors (Lipinski definition) is 1. The summed E-state index contributed by atoms with van der Waals surface area (Å²) < 4.78 is 0. The maximum atomic E-state index is 13.7. The van der Waals surface area contributed by atoms with Crippen molar-refractivity contribution in [3.63, 3.8) is 0 Å². The van der Waals surface area contributed by atoms with E-state index in [-0.39, 0.29) is 49.6 Å². The molecule has 0 fully saturated rings. The van der Waals surface area contributed by atoms with E-state index in [1.807, 2.05) is 37.3 Å². The first kappa shape index (κ1) is 28.3. The molecule has 1 N–H and O–H groups in total. The van der Waals surface area contributed by atoms with Crippen molar-refractivity contribution in [2.24, 2.45) is 0 Å². The third-order valence-electron chi connectivity index (χ3n) is 6.63. The van der Waals surface area contributed by atoms with Crippen LogP contribution in [0.1, 0.15) is 51.6 Å². The fourth-order valence-corrected chi connectivity index (χ4v) is 5.12. The Labute approximate surface area is 237 Å². The number of nitrogens with one attached hydrogen (secondary N) is 1. The summed E-state index contributed by atoms with van der Waals surface area (Å²) in [5.74, 6) is -1.29. The van der Waals surface area contributed by atoms with Crippen LogP contribution in [0.25, 0.3) is 0 Å². The molecular formula is C30H29Cl2N3O4. The van der Waals surface area contributed by atoms with Crippen molar-refractivity contribution in [2.45, 2.75) is 38.8 Å². The van der Waals surface area contributed by atoms with E-state index in [1.165, 1.54) is 9.80 Å². The van der Waals surface area contributed by atoms with Crippen LogP contribution < -0.4 is 5.32 Å². The number of hydrogen-bond acceptors (Lipinski definition) is 4. The lowest BCUT2D eigenvalue weighted by molar-refractivity contribution is -0.141. The van der Waals surface area contributed by atoms with Crippen molar-refractivity contribution in [1.82, 2.24) is 15.1 Å². The predicted octanol–water partition coefficient (Wildman–Crippen LogP) is 5.15. The van der Waals surface area contributed by atoms with Crippen LogP contribution in [0.15, 0.2) is 72.8 Å². The van der Waals surface area contributed by atoms with E-state index in [4.69, 9.17) is 23.2 Å². The van der Waals surface area contributed by atoms with Crippen LogP contribution in [0.5, 0.6) is 0 Å². The molecule has 7 nitrogen and oxygen atoms in total. The van der Waals surface area contributed by atoms with Crippen LogP contribution in [-0.2, 0) is 22.6 Å². The van der Waals surface area contributed by atoms with Crippen molar-refractivity contribution >= 4 is 46.8 Å². The largest absolute Gasteiger partial charge is 0.355 e. The molecule has 0 bridgehead atoms. The molecule has 1 aliphatic rings. The predicted molar refractivity (Wildman–Crippen MR) is 151 cm³/mol. The summed E-state index contributed by atoms with van der Waals surface area (Å²) in [6.07, 6.45) is 0.591. The normalized spacial score (nSPS) is 13.3.